The monoisotopic (exact) mass is 391 g/mol. The summed E-state index contributed by atoms with van der Waals surface area (Å²) in [6.07, 6.45) is 0. The molecule has 1 fully saturated rings. The van der Waals surface area contributed by atoms with Crippen LogP contribution in [0, 0.1) is 6.92 Å². The zero-order valence-corrected chi connectivity index (χ0v) is 16.7. The van der Waals surface area contributed by atoms with Crippen molar-refractivity contribution in [2.75, 3.05) is 31.9 Å². The molecule has 7 heteroatoms. The van der Waals surface area contributed by atoms with E-state index in [0.29, 0.717) is 36.1 Å². The number of aromatic nitrogens is 2. The maximum absolute atomic E-state index is 12.7. The Hall–Kier alpha value is -3.19. The molecule has 1 amide bonds. The summed E-state index contributed by atoms with van der Waals surface area (Å²) in [6.45, 7) is 6.93. The van der Waals surface area contributed by atoms with Crippen molar-refractivity contribution in [2.24, 2.45) is 0 Å². The summed E-state index contributed by atoms with van der Waals surface area (Å²) < 4.78 is 5.52. The van der Waals surface area contributed by atoms with Crippen LogP contribution in [0.2, 0.25) is 0 Å². The van der Waals surface area contributed by atoms with E-state index in [-0.39, 0.29) is 11.9 Å². The van der Waals surface area contributed by atoms with Gasteiger partial charge in [-0.3, -0.25) is 9.69 Å². The van der Waals surface area contributed by atoms with Crippen LogP contribution < -0.4 is 5.73 Å². The predicted molar refractivity (Wildman–Crippen MR) is 111 cm³/mol. The molecule has 0 spiro atoms. The summed E-state index contributed by atoms with van der Waals surface area (Å²) in [5.74, 6) is 1.24. The molecule has 3 aromatic rings. The summed E-state index contributed by atoms with van der Waals surface area (Å²) in [7, 11) is 0. The third-order valence-electron chi connectivity index (χ3n) is 5.42. The molecule has 0 aliphatic carbocycles. The molecule has 2 N–H and O–H groups in total. The highest BCUT2D eigenvalue weighted by Gasteiger charge is 2.28. The van der Waals surface area contributed by atoms with Crippen molar-refractivity contribution in [1.82, 2.24) is 19.9 Å². The summed E-state index contributed by atoms with van der Waals surface area (Å²) >= 11 is 0. The van der Waals surface area contributed by atoms with Crippen LogP contribution >= 0.6 is 0 Å². The van der Waals surface area contributed by atoms with Crippen molar-refractivity contribution in [1.29, 1.82) is 0 Å². The Kier molecular flexibility index (Phi) is 5.31. The molecule has 4 rings (SSSR count). The van der Waals surface area contributed by atoms with Gasteiger partial charge in [-0.05, 0) is 38.1 Å². The summed E-state index contributed by atoms with van der Waals surface area (Å²) in [4.78, 5) is 21.4. The van der Waals surface area contributed by atoms with E-state index in [1.807, 2.05) is 36.1 Å². The van der Waals surface area contributed by atoms with Crippen LogP contribution in [-0.4, -0.2) is 52.0 Å². The van der Waals surface area contributed by atoms with E-state index in [2.05, 4.69) is 22.0 Å². The van der Waals surface area contributed by atoms with Crippen LogP contribution in [0.3, 0.4) is 0 Å². The highest BCUT2D eigenvalue weighted by Crippen LogP contribution is 2.24. The van der Waals surface area contributed by atoms with Gasteiger partial charge in [-0.15, -0.1) is 0 Å². The highest BCUT2D eigenvalue weighted by atomic mass is 16.5. The van der Waals surface area contributed by atoms with Crippen LogP contribution in [0.4, 0.5) is 5.69 Å². The third-order valence-corrected chi connectivity index (χ3v) is 5.42. The molecule has 0 saturated carbocycles. The normalized spacial score (nSPS) is 16.0. The van der Waals surface area contributed by atoms with Crippen LogP contribution in [-0.2, 0) is 0 Å². The molecule has 1 atom stereocenters. The van der Waals surface area contributed by atoms with Gasteiger partial charge in [0.25, 0.3) is 5.91 Å². The minimum absolute atomic E-state index is 0.00419. The fourth-order valence-corrected chi connectivity index (χ4v) is 3.50. The number of carbonyl (C=O) groups is 1. The zero-order chi connectivity index (χ0) is 20.4. The van der Waals surface area contributed by atoms with E-state index < -0.39 is 0 Å². The minimum Gasteiger partial charge on any atom is -0.399 e. The molecule has 1 unspecified atom stereocenters. The molecule has 0 radical (unpaired) electrons. The second-order valence-electron chi connectivity index (χ2n) is 7.45. The fraction of sp³-hybridized carbons (Fsp3) is 0.318. The number of amides is 1. The van der Waals surface area contributed by atoms with Gasteiger partial charge in [-0.25, -0.2) is 0 Å². The molecular weight excluding hydrogens is 366 g/mol. The average molecular weight is 391 g/mol. The molecule has 1 aliphatic heterocycles. The number of benzene rings is 2. The molecule has 2 aromatic carbocycles. The molecule has 1 aliphatic rings. The van der Waals surface area contributed by atoms with Crippen molar-refractivity contribution in [3.63, 3.8) is 0 Å². The number of nitrogen functional groups attached to an aromatic ring is 1. The quantitative estimate of drug-likeness (QED) is 0.688. The summed E-state index contributed by atoms with van der Waals surface area (Å²) in [5.41, 5.74) is 9.16. The predicted octanol–water partition coefficient (Wildman–Crippen LogP) is 3.15. The molecule has 29 heavy (non-hydrogen) atoms. The third kappa shape index (κ3) is 4.14. The van der Waals surface area contributed by atoms with Crippen LogP contribution in [0.15, 0.2) is 53.1 Å². The van der Waals surface area contributed by atoms with E-state index in [0.717, 1.165) is 18.7 Å². The number of nitrogens with two attached hydrogens (primary N) is 1. The van der Waals surface area contributed by atoms with Crippen LogP contribution in [0.1, 0.15) is 34.8 Å². The van der Waals surface area contributed by atoms with Crippen molar-refractivity contribution < 1.29 is 9.32 Å². The van der Waals surface area contributed by atoms with Gasteiger partial charge >= 0.3 is 0 Å². The van der Waals surface area contributed by atoms with E-state index in [1.165, 1.54) is 5.56 Å². The number of anilines is 1. The fourth-order valence-electron chi connectivity index (χ4n) is 3.50. The number of rotatable bonds is 4. The first-order chi connectivity index (χ1) is 14.0. The zero-order valence-electron chi connectivity index (χ0n) is 16.7. The lowest BCUT2D eigenvalue weighted by atomic mass is 10.1. The smallest absolute Gasteiger partial charge is 0.253 e. The first kappa shape index (κ1) is 19.1. The minimum atomic E-state index is -0.00419. The largest absolute Gasteiger partial charge is 0.399 e. The molecular formula is C22H25N5O2. The summed E-state index contributed by atoms with van der Waals surface area (Å²) in [6, 6.07) is 15.1. The van der Waals surface area contributed by atoms with Gasteiger partial charge in [0.1, 0.15) is 0 Å². The molecule has 0 bridgehead atoms. The number of aryl methyl sites for hydroxylation is 1. The Bertz CT molecular complexity index is 973. The molecule has 2 heterocycles. The Morgan fingerprint density at radius 2 is 1.69 bits per heavy atom. The number of piperazine rings is 1. The second-order valence-corrected chi connectivity index (χ2v) is 7.45. The highest BCUT2D eigenvalue weighted by molar-refractivity contribution is 5.94. The van der Waals surface area contributed by atoms with E-state index in [1.54, 1.807) is 24.3 Å². The first-order valence-corrected chi connectivity index (χ1v) is 9.81. The lowest BCUT2D eigenvalue weighted by molar-refractivity contribution is 0.0551. The summed E-state index contributed by atoms with van der Waals surface area (Å²) in [5, 5.41) is 4.13. The number of carbonyl (C=O) groups excluding carboxylic acids is 1. The van der Waals surface area contributed by atoms with E-state index in [4.69, 9.17) is 10.3 Å². The van der Waals surface area contributed by atoms with Crippen LogP contribution in [0.5, 0.6) is 0 Å². The second kappa shape index (κ2) is 8.05. The SMILES string of the molecule is Cc1ccc(-c2noc(C(C)N3CCN(C(=O)c4ccc(N)cc4)CC3)n2)cc1. The Labute approximate surface area is 170 Å². The van der Waals surface area contributed by atoms with Gasteiger partial charge in [-0.1, -0.05) is 35.0 Å². The Morgan fingerprint density at radius 3 is 2.34 bits per heavy atom. The van der Waals surface area contributed by atoms with Crippen molar-refractivity contribution in [2.45, 2.75) is 19.9 Å². The van der Waals surface area contributed by atoms with Gasteiger partial charge in [-0.2, -0.15) is 4.98 Å². The van der Waals surface area contributed by atoms with Gasteiger partial charge in [0.05, 0.1) is 6.04 Å². The van der Waals surface area contributed by atoms with Crippen LogP contribution in [0.25, 0.3) is 11.4 Å². The lowest BCUT2D eigenvalue weighted by Gasteiger charge is -2.36. The maximum Gasteiger partial charge on any atom is 0.253 e. The Morgan fingerprint density at radius 1 is 1.03 bits per heavy atom. The van der Waals surface area contributed by atoms with Crippen molar-refractivity contribution >= 4 is 11.6 Å². The number of hydrogen-bond donors (Lipinski definition) is 1. The van der Waals surface area contributed by atoms with Crippen molar-refractivity contribution in [3.8, 4) is 11.4 Å². The first-order valence-electron chi connectivity index (χ1n) is 9.81. The lowest BCUT2D eigenvalue weighted by Crippen LogP contribution is -2.49. The number of hydrogen-bond acceptors (Lipinski definition) is 6. The topological polar surface area (TPSA) is 88.5 Å². The van der Waals surface area contributed by atoms with Gasteiger partial charge in [0.2, 0.25) is 11.7 Å². The molecule has 150 valence electrons. The number of nitrogens with zero attached hydrogens (tertiary/aromatic N) is 4. The van der Waals surface area contributed by atoms with Crippen molar-refractivity contribution in [3.05, 3.63) is 65.5 Å². The Balaban J connectivity index is 1.38. The molecule has 1 aromatic heterocycles. The van der Waals surface area contributed by atoms with E-state index >= 15 is 0 Å². The standard InChI is InChI=1S/C22H25N5O2/c1-15-3-5-17(6-4-15)20-24-21(29-25-20)16(2)26-11-13-27(14-12-26)22(28)18-7-9-19(23)10-8-18/h3-10,16H,11-14,23H2,1-2H3. The van der Waals surface area contributed by atoms with Gasteiger partial charge < -0.3 is 15.2 Å². The molecule has 1 saturated heterocycles. The van der Waals surface area contributed by atoms with E-state index in [9.17, 15) is 4.79 Å². The maximum atomic E-state index is 12.7. The van der Waals surface area contributed by atoms with Gasteiger partial charge in [0, 0.05) is 43.0 Å². The van der Waals surface area contributed by atoms with Gasteiger partial charge in [0.15, 0.2) is 0 Å². The molecule has 7 nitrogen and oxygen atoms in total. The average Bonchev–Trinajstić information content (AvgIpc) is 3.24.